The van der Waals surface area contributed by atoms with Crippen LogP contribution in [-0.2, 0) is 10.0 Å². The maximum Gasteiger partial charge on any atom is 0.293 e. The van der Waals surface area contributed by atoms with Crippen molar-refractivity contribution in [3.05, 3.63) is 123 Å². The number of rotatable bonds is 15. The summed E-state index contributed by atoms with van der Waals surface area (Å²) in [7, 11) is -0.670. The van der Waals surface area contributed by atoms with Crippen molar-refractivity contribution in [2.45, 2.75) is 44.4 Å². The van der Waals surface area contributed by atoms with Crippen molar-refractivity contribution in [3.63, 3.8) is 0 Å². The third kappa shape index (κ3) is 10.3. The van der Waals surface area contributed by atoms with Crippen LogP contribution in [0.2, 0.25) is 5.02 Å². The Bertz CT molecular complexity index is 2510. The van der Waals surface area contributed by atoms with Gasteiger partial charge in [-0.25, -0.2) is 13.1 Å². The van der Waals surface area contributed by atoms with E-state index >= 15 is 0 Å². The summed E-state index contributed by atoms with van der Waals surface area (Å²) in [6.07, 6.45) is 5.76. The van der Waals surface area contributed by atoms with Crippen molar-refractivity contribution < 1.29 is 22.9 Å². The number of ether oxygens (including phenoxy) is 1. The Hall–Kier alpha value is -5.41. The molecule has 0 atom stereocenters. The minimum atomic E-state index is -4.53. The van der Waals surface area contributed by atoms with Gasteiger partial charge < -0.3 is 24.8 Å². The lowest BCUT2D eigenvalue weighted by molar-refractivity contribution is -0.384. The summed E-state index contributed by atoms with van der Waals surface area (Å²) in [4.78, 5) is 34.7. The average Bonchev–Trinajstić information content (AvgIpc) is 3.68. The van der Waals surface area contributed by atoms with E-state index in [2.05, 4.69) is 50.8 Å². The molecule has 1 aliphatic carbocycles. The van der Waals surface area contributed by atoms with E-state index in [0.717, 1.165) is 92.6 Å². The fourth-order valence-electron chi connectivity index (χ4n) is 7.93. The van der Waals surface area contributed by atoms with E-state index in [-0.39, 0.29) is 22.4 Å². The van der Waals surface area contributed by atoms with Gasteiger partial charge in [0, 0.05) is 79.2 Å². The largest absolute Gasteiger partial charge is 0.456 e. The van der Waals surface area contributed by atoms with Gasteiger partial charge in [-0.05, 0) is 124 Å². The van der Waals surface area contributed by atoms with E-state index in [0.29, 0.717) is 12.3 Å². The van der Waals surface area contributed by atoms with Gasteiger partial charge in [0.05, 0.1) is 15.4 Å². The predicted molar refractivity (Wildman–Crippen MR) is 239 cm³/mol. The zero-order valence-electron chi connectivity index (χ0n) is 34.5. The number of benzene rings is 4. The minimum Gasteiger partial charge on any atom is -0.456 e. The molecule has 1 saturated heterocycles. The molecule has 1 aromatic heterocycles. The molecule has 1 fully saturated rings. The van der Waals surface area contributed by atoms with Gasteiger partial charge in [-0.2, -0.15) is 0 Å². The molecule has 7 rings (SSSR count). The van der Waals surface area contributed by atoms with Gasteiger partial charge in [-0.3, -0.25) is 19.8 Å². The molecule has 13 nitrogen and oxygen atoms in total. The van der Waals surface area contributed by atoms with E-state index in [9.17, 15) is 23.3 Å². The van der Waals surface area contributed by atoms with Gasteiger partial charge in [0.1, 0.15) is 17.2 Å². The number of sulfonamides is 1. The first-order chi connectivity index (χ1) is 28.6. The highest BCUT2D eigenvalue weighted by Crippen LogP contribution is 2.43. The summed E-state index contributed by atoms with van der Waals surface area (Å²) in [6.45, 7) is 9.93. The molecule has 60 heavy (non-hydrogen) atoms. The van der Waals surface area contributed by atoms with Crippen LogP contribution in [0.15, 0.2) is 102 Å². The third-order valence-electron chi connectivity index (χ3n) is 11.3. The summed E-state index contributed by atoms with van der Waals surface area (Å²) in [5.41, 5.74) is 5.87. The Balaban J connectivity index is 1.10. The van der Waals surface area contributed by atoms with Crippen LogP contribution in [0, 0.1) is 15.5 Å². The van der Waals surface area contributed by atoms with Crippen LogP contribution in [0.5, 0.6) is 11.5 Å². The number of amides is 1. The van der Waals surface area contributed by atoms with E-state index in [4.69, 9.17) is 16.3 Å². The lowest BCUT2D eigenvalue weighted by atomic mass is 9.72. The van der Waals surface area contributed by atoms with Gasteiger partial charge in [0.15, 0.2) is 0 Å². The van der Waals surface area contributed by atoms with Crippen molar-refractivity contribution in [1.29, 1.82) is 0 Å². The minimum absolute atomic E-state index is 0.00862. The number of halogens is 1. The third-order valence-corrected chi connectivity index (χ3v) is 12.9. The Kier molecular flexibility index (Phi) is 12.9. The predicted octanol–water partition coefficient (Wildman–Crippen LogP) is 8.79. The van der Waals surface area contributed by atoms with Crippen LogP contribution < -0.4 is 19.7 Å². The lowest BCUT2D eigenvalue weighted by Gasteiger charge is -2.39. The fourth-order valence-corrected chi connectivity index (χ4v) is 9.04. The first-order valence-corrected chi connectivity index (χ1v) is 22.1. The second-order valence-electron chi connectivity index (χ2n) is 16.7. The summed E-state index contributed by atoms with van der Waals surface area (Å²) < 4.78 is 35.7. The molecule has 0 unspecified atom stereocenters. The molecule has 3 N–H and O–H groups in total. The standard InChI is InChI=1S/C45H52ClN7O6S/c1-45(2)18-16-33(39(29-45)31-6-8-34(46)9-7-31)30-51-22-24-52(25-23-51)35-10-13-38(43(27-35)59-36-11-14-40-32(26-36)17-20-48-40)44(54)49-60(57,58)37-12-15-41(42(28-37)53(55)56)47-19-5-21-50(3)4/h6-15,17,20,26-28,47-48H,5,16,18-19,21-25,29-30H2,1-4H3,(H,49,54). The number of anilines is 2. The molecule has 1 aliphatic heterocycles. The zero-order valence-corrected chi connectivity index (χ0v) is 36.0. The highest BCUT2D eigenvalue weighted by Gasteiger charge is 2.30. The van der Waals surface area contributed by atoms with Crippen LogP contribution in [0.1, 0.15) is 55.5 Å². The summed E-state index contributed by atoms with van der Waals surface area (Å²) in [5, 5.41) is 16.6. The Morgan fingerprint density at radius 2 is 1.75 bits per heavy atom. The maximum atomic E-state index is 13.9. The summed E-state index contributed by atoms with van der Waals surface area (Å²) in [6, 6.07) is 24.2. The number of nitro benzene ring substituents is 1. The van der Waals surface area contributed by atoms with Gasteiger partial charge in [0.25, 0.3) is 21.6 Å². The van der Waals surface area contributed by atoms with Crippen LogP contribution in [0.3, 0.4) is 0 Å². The number of carbonyl (C=O) groups excluding carboxylic acids is 1. The number of hydrogen-bond donors (Lipinski definition) is 3. The quantitative estimate of drug-likeness (QED) is 0.0529. The van der Waals surface area contributed by atoms with Crippen LogP contribution >= 0.6 is 11.6 Å². The summed E-state index contributed by atoms with van der Waals surface area (Å²) >= 11 is 6.24. The van der Waals surface area contributed by atoms with Crippen molar-refractivity contribution in [1.82, 2.24) is 19.5 Å². The molecule has 0 bridgehead atoms. The zero-order chi connectivity index (χ0) is 42.6. The molecule has 2 heterocycles. The number of piperazine rings is 1. The van der Waals surface area contributed by atoms with E-state index in [1.807, 2.05) is 55.5 Å². The average molecular weight is 854 g/mol. The number of fused-ring (bicyclic) bond motifs is 1. The van der Waals surface area contributed by atoms with E-state index in [1.54, 1.807) is 24.3 Å². The fraction of sp³-hybridized carbons (Fsp3) is 0.356. The first-order valence-electron chi connectivity index (χ1n) is 20.2. The van der Waals surface area contributed by atoms with E-state index in [1.165, 1.54) is 28.8 Å². The molecule has 2 aliphatic rings. The molecule has 1 amide bonds. The summed E-state index contributed by atoms with van der Waals surface area (Å²) in [5.74, 6) is -0.299. The number of H-pyrrole nitrogens is 1. The number of nitrogens with one attached hydrogen (secondary N) is 3. The molecule has 0 saturated carbocycles. The van der Waals surface area contributed by atoms with Crippen molar-refractivity contribution >= 4 is 61.1 Å². The van der Waals surface area contributed by atoms with Crippen LogP contribution in [0.4, 0.5) is 17.1 Å². The van der Waals surface area contributed by atoms with Gasteiger partial charge in [0.2, 0.25) is 0 Å². The number of aromatic nitrogens is 1. The van der Waals surface area contributed by atoms with Gasteiger partial charge >= 0.3 is 0 Å². The van der Waals surface area contributed by atoms with Gasteiger partial charge in [-0.15, -0.1) is 0 Å². The second kappa shape index (κ2) is 18.1. The molecule has 15 heteroatoms. The molecular formula is C45H52ClN7O6S. The molecule has 4 aromatic carbocycles. The smallest absolute Gasteiger partial charge is 0.293 e. The SMILES string of the molecule is CN(C)CCCNc1ccc(S(=O)(=O)NC(=O)c2ccc(N3CCN(CC4=C(c5ccc(Cl)cc5)CC(C)(C)CC4)CC3)cc2Oc2ccc3[nH]ccc3c2)cc1[N+](=O)[O-]. The highest BCUT2D eigenvalue weighted by atomic mass is 35.5. The normalized spacial score (nSPS) is 16.0. The van der Waals surface area contributed by atoms with Crippen molar-refractivity contribution in [3.8, 4) is 11.5 Å². The van der Waals surface area contributed by atoms with Crippen LogP contribution in [0.25, 0.3) is 16.5 Å². The molecule has 0 spiro atoms. The number of carbonyl (C=O) groups is 1. The molecular weight excluding hydrogens is 802 g/mol. The number of nitro groups is 1. The Morgan fingerprint density at radius 1 is 0.983 bits per heavy atom. The Morgan fingerprint density at radius 3 is 2.48 bits per heavy atom. The van der Waals surface area contributed by atoms with Crippen molar-refractivity contribution in [2.75, 3.05) is 70.1 Å². The second-order valence-corrected chi connectivity index (χ2v) is 18.8. The van der Waals surface area contributed by atoms with E-state index < -0.39 is 31.4 Å². The number of hydrogen-bond acceptors (Lipinski definition) is 10. The molecule has 316 valence electrons. The highest BCUT2D eigenvalue weighted by molar-refractivity contribution is 7.90. The maximum absolute atomic E-state index is 13.9. The van der Waals surface area contributed by atoms with Gasteiger partial charge in [-0.1, -0.05) is 43.2 Å². The number of allylic oxidation sites excluding steroid dienone is 1. The molecule has 0 radical (unpaired) electrons. The Labute approximate surface area is 356 Å². The monoisotopic (exact) mass is 853 g/mol. The lowest BCUT2D eigenvalue weighted by Crippen LogP contribution is -2.47. The van der Waals surface area contributed by atoms with Crippen molar-refractivity contribution in [2.24, 2.45) is 5.41 Å². The molecule has 5 aromatic rings. The van der Waals surface area contributed by atoms with Crippen LogP contribution in [-0.4, -0.2) is 93.9 Å². The number of nitrogens with zero attached hydrogens (tertiary/aromatic N) is 4. The number of aromatic amines is 1. The topological polar surface area (TPSA) is 153 Å². The first kappa shape index (κ1) is 42.7.